The maximum atomic E-state index is 12.6. The van der Waals surface area contributed by atoms with Gasteiger partial charge in [-0.3, -0.25) is 30.0 Å². The monoisotopic (exact) mass is 493 g/mol. The molecule has 0 saturated carbocycles. The molecule has 0 spiro atoms. The van der Waals surface area contributed by atoms with E-state index in [4.69, 9.17) is 0 Å². The van der Waals surface area contributed by atoms with Crippen molar-refractivity contribution in [3.8, 4) is 0 Å². The highest BCUT2D eigenvalue weighted by atomic mass is 32.2. The van der Waals surface area contributed by atoms with Crippen molar-refractivity contribution in [3.63, 3.8) is 0 Å². The molecular weight excluding hydrogens is 466 g/mol. The van der Waals surface area contributed by atoms with Gasteiger partial charge in [0.15, 0.2) is 5.17 Å². The predicted octanol–water partition coefficient (Wildman–Crippen LogP) is 2.88. The number of piperidine rings is 1. The molecular formula is C25H27N5O4S. The zero-order valence-corrected chi connectivity index (χ0v) is 20.2. The zero-order chi connectivity index (χ0) is 24.8. The number of anilines is 1. The average Bonchev–Trinajstić information content (AvgIpc) is 3.23. The lowest BCUT2D eigenvalue weighted by Crippen LogP contribution is -2.41. The summed E-state index contributed by atoms with van der Waals surface area (Å²) in [5, 5.41) is 2.90. The molecule has 9 nitrogen and oxygen atoms in total. The van der Waals surface area contributed by atoms with E-state index < -0.39 is 17.1 Å². The highest BCUT2D eigenvalue weighted by Crippen LogP contribution is 2.29. The average molecular weight is 494 g/mol. The molecule has 182 valence electrons. The summed E-state index contributed by atoms with van der Waals surface area (Å²) in [5.41, 5.74) is 6.71. The third-order valence-electron chi connectivity index (χ3n) is 5.81. The molecule has 2 aromatic carbocycles. The van der Waals surface area contributed by atoms with E-state index in [-0.39, 0.29) is 23.8 Å². The predicted molar refractivity (Wildman–Crippen MR) is 135 cm³/mol. The van der Waals surface area contributed by atoms with Crippen LogP contribution in [0.15, 0.2) is 53.5 Å². The summed E-state index contributed by atoms with van der Waals surface area (Å²) in [5.74, 6) is -1.57. The number of nitrogens with zero attached hydrogens (tertiary/aromatic N) is 2. The van der Waals surface area contributed by atoms with Crippen molar-refractivity contribution in [1.29, 1.82) is 0 Å². The highest BCUT2D eigenvalue weighted by molar-refractivity contribution is 8.15. The lowest BCUT2D eigenvalue weighted by Gasteiger charge is -2.27. The van der Waals surface area contributed by atoms with Crippen LogP contribution in [0.4, 0.5) is 5.69 Å². The normalized spacial score (nSPS) is 17.5. The van der Waals surface area contributed by atoms with Gasteiger partial charge in [0.1, 0.15) is 5.25 Å². The van der Waals surface area contributed by atoms with Crippen LogP contribution in [0.1, 0.15) is 52.0 Å². The van der Waals surface area contributed by atoms with E-state index >= 15 is 0 Å². The Morgan fingerprint density at radius 1 is 1.00 bits per heavy atom. The second-order valence-corrected chi connectivity index (χ2v) is 9.61. The van der Waals surface area contributed by atoms with Crippen LogP contribution in [0, 0.1) is 6.92 Å². The van der Waals surface area contributed by atoms with Crippen LogP contribution < -0.4 is 16.2 Å². The van der Waals surface area contributed by atoms with Gasteiger partial charge in [-0.15, -0.1) is 0 Å². The van der Waals surface area contributed by atoms with Crippen molar-refractivity contribution in [3.05, 3.63) is 65.2 Å². The Morgan fingerprint density at radius 2 is 1.74 bits per heavy atom. The number of amidine groups is 1. The molecule has 2 aromatic rings. The van der Waals surface area contributed by atoms with Crippen LogP contribution in [0.2, 0.25) is 0 Å². The van der Waals surface area contributed by atoms with Gasteiger partial charge in [-0.2, -0.15) is 4.99 Å². The molecule has 1 atom stereocenters. The van der Waals surface area contributed by atoms with Gasteiger partial charge in [-0.1, -0.05) is 36.0 Å². The standard InChI is InChI=1S/C25H27N5O4S/c1-16-8-3-4-11-19(16)23(33)29-28-22(32)17-9-7-10-18(14-17)26-21(31)15-20-24(34)27-25(35-20)30-12-5-2-6-13-30/h3-4,7-11,14,20H,2,5-6,12-13,15H2,1H3,(H,26,31)(H,28,32)(H,29,33). The number of aryl methyl sites for hydroxylation is 1. The number of rotatable bonds is 5. The first-order chi connectivity index (χ1) is 16.9. The maximum Gasteiger partial charge on any atom is 0.269 e. The number of likely N-dealkylation sites (tertiary alicyclic amines) is 1. The SMILES string of the molecule is Cc1ccccc1C(=O)NNC(=O)c1cccc(NC(=O)CC2SC(N3CCCCC3)=NC2=O)c1. The molecule has 2 heterocycles. The molecule has 0 aromatic heterocycles. The van der Waals surface area contributed by atoms with E-state index in [1.807, 2.05) is 6.07 Å². The van der Waals surface area contributed by atoms with Crippen LogP contribution >= 0.6 is 11.8 Å². The summed E-state index contributed by atoms with van der Waals surface area (Å²) in [6, 6.07) is 13.4. The summed E-state index contributed by atoms with van der Waals surface area (Å²) >= 11 is 1.34. The topological polar surface area (TPSA) is 120 Å². The fraction of sp³-hybridized carbons (Fsp3) is 0.320. The fourth-order valence-corrected chi connectivity index (χ4v) is 5.05. The van der Waals surface area contributed by atoms with Gasteiger partial charge >= 0.3 is 0 Å². The molecule has 1 saturated heterocycles. The van der Waals surface area contributed by atoms with Gasteiger partial charge in [-0.25, -0.2) is 0 Å². The van der Waals surface area contributed by atoms with Crippen LogP contribution in [-0.2, 0) is 9.59 Å². The van der Waals surface area contributed by atoms with E-state index in [1.54, 1.807) is 43.3 Å². The highest BCUT2D eigenvalue weighted by Gasteiger charge is 2.33. The smallest absolute Gasteiger partial charge is 0.269 e. The van der Waals surface area contributed by atoms with Crippen molar-refractivity contribution < 1.29 is 19.2 Å². The summed E-state index contributed by atoms with van der Waals surface area (Å²) in [4.78, 5) is 56.0. The van der Waals surface area contributed by atoms with E-state index in [0.29, 0.717) is 16.4 Å². The van der Waals surface area contributed by atoms with Crippen molar-refractivity contribution in [2.45, 2.75) is 37.9 Å². The number of carbonyl (C=O) groups excluding carboxylic acids is 4. The first-order valence-corrected chi connectivity index (χ1v) is 12.4. The van der Waals surface area contributed by atoms with Crippen LogP contribution in [-0.4, -0.2) is 52.0 Å². The van der Waals surface area contributed by atoms with Gasteiger partial charge in [0.05, 0.1) is 0 Å². The van der Waals surface area contributed by atoms with Crippen molar-refractivity contribution >= 4 is 46.2 Å². The number of carbonyl (C=O) groups is 4. The van der Waals surface area contributed by atoms with Gasteiger partial charge in [0.25, 0.3) is 17.7 Å². The van der Waals surface area contributed by atoms with E-state index in [9.17, 15) is 19.2 Å². The molecule has 35 heavy (non-hydrogen) atoms. The number of thioether (sulfide) groups is 1. The summed E-state index contributed by atoms with van der Waals surface area (Å²) < 4.78 is 0. The molecule has 0 bridgehead atoms. The number of nitrogens with one attached hydrogen (secondary N) is 3. The summed E-state index contributed by atoms with van der Waals surface area (Å²) in [6.45, 7) is 3.58. The Kier molecular flexibility index (Phi) is 7.81. The second kappa shape index (κ2) is 11.2. The third-order valence-corrected chi connectivity index (χ3v) is 7.03. The quantitative estimate of drug-likeness (QED) is 0.551. The Labute approximate surface area is 207 Å². The number of hydrogen-bond donors (Lipinski definition) is 3. The summed E-state index contributed by atoms with van der Waals surface area (Å²) in [7, 11) is 0. The molecule has 10 heteroatoms. The summed E-state index contributed by atoms with van der Waals surface area (Å²) in [6.07, 6.45) is 3.34. The molecule has 1 fully saturated rings. The first-order valence-electron chi connectivity index (χ1n) is 11.5. The van der Waals surface area contributed by atoms with Gasteiger partial charge in [0.2, 0.25) is 5.91 Å². The van der Waals surface area contributed by atoms with Crippen LogP contribution in [0.25, 0.3) is 0 Å². The number of amides is 4. The molecule has 0 aliphatic carbocycles. The lowest BCUT2D eigenvalue weighted by atomic mass is 10.1. The van der Waals surface area contributed by atoms with Gasteiger partial charge < -0.3 is 10.2 Å². The van der Waals surface area contributed by atoms with Crippen LogP contribution in [0.3, 0.4) is 0 Å². The molecule has 2 aliphatic rings. The zero-order valence-electron chi connectivity index (χ0n) is 19.4. The minimum absolute atomic E-state index is 0.00670. The molecule has 3 N–H and O–H groups in total. The fourth-order valence-electron chi connectivity index (χ4n) is 3.93. The van der Waals surface area contributed by atoms with Gasteiger partial charge in [0, 0.05) is 36.3 Å². The second-order valence-electron chi connectivity index (χ2n) is 8.44. The van der Waals surface area contributed by atoms with E-state index in [2.05, 4.69) is 26.1 Å². The molecule has 4 amide bonds. The Bertz CT molecular complexity index is 1180. The minimum atomic E-state index is -0.546. The number of aliphatic imine (C=N–C) groups is 1. The first kappa shape index (κ1) is 24.5. The number of benzene rings is 2. The Balaban J connectivity index is 1.29. The van der Waals surface area contributed by atoms with E-state index in [1.165, 1.54) is 24.2 Å². The molecule has 1 unspecified atom stereocenters. The Morgan fingerprint density at radius 3 is 2.51 bits per heavy atom. The largest absolute Gasteiger partial charge is 0.351 e. The maximum absolute atomic E-state index is 12.6. The molecule has 0 radical (unpaired) electrons. The van der Waals surface area contributed by atoms with Crippen molar-refractivity contribution in [2.24, 2.45) is 4.99 Å². The number of hydrazine groups is 1. The molecule has 2 aliphatic heterocycles. The van der Waals surface area contributed by atoms with Crippen molar-refractivity contribution in [1.82, 2.24) is 15.8 Å². The number of hydrogen-bond acceptors (Lipinski definition) is 6. The van der Waals surface area contributed by atoms with Crippen molar-refractivity contribution in [2.75, 3.05) is 18.4 Å². The van der Waals surface area contributed by atoms with E-state index in [0.717, 1.165) is 31.5 Å². The lowest BCUT2D eigenvalue weighted by molar-refractivity contribution is -0.121. The minimum Gasteiger partial charge on any atom is -0.351 e. The Hall–Kier alpha value is -3.66. The van der Waals surface area contributed by atoms with Crippen LogP contribution in [0.5, 0.6) is 0 Å². The van der Waals surface area contributed by atoms with Gasteiger partial charge in [-0.05, 0) is 56.0 Å². The molecule has 4 rings (SSSR count). The third kappa shape index (κ3) is 6.27.